The molecule has 0 aliphatic heterocycles. The first kappa shape index (κ1) is 42.1. The third-order valence-electron chi connectivity index (χ3n) is 7.76. The van der Waals surface area contributed by atoms with Gasteiger partial charge in [0.25, 0.3) is 0 Å². The van der Waals surface area contributed by atoms with Crippen LogP contribution in [0.15, 0.2) is 196 Å². The van der Waals surface area contributed by atoms with E-state index in [2.05, 4.69) is 29.9 Å². The van der Waals surface area contributed by atoms with Crippen molar-refractivity contribution in [2.24, 2.45) is 0 Å². The molecule has 8 rings (SSSR count). The molecule has 0 fully saturated rings. The van der Waals surface area contributed by atoms with E-state index in [1.165, 1.54) is 33.4 Å². The van der Waals surface area contributed by atoms with E-state index in [4.69, 9.17) is 20.1 Å². The van der Waals surface area contributed by atoms with Crippen molar-refractivity contribution in [1.82, 2.24) is 29.9 Å². The minimum absolute atomic E-state index is 0.542. The number of nitrogens with zero attached hydrogens (tertiary/aromatic N) is 6. The first-order chi connectivity index (χ1) is 27.3. The predicted molar refractivity (Wildman–Crippen MR) is 224 cm³/mol. The molecule has 2 aromatic carbocycles. The van der Waals surface area contributed by atoms with E-state index in [-0.39, 0.29) is 0 Å². The maximum Gasteiger partial charge on any atom is 0.488 e. The van der Waals surface area contributed by atoms with Crippen LogP contribution in [0.2, 0.25) is 0 Å². The SMILES string of the molecule is Cc1cccc(B(O)O)c1.Cc1cccc(B(O)O)c1.c1cc(-c2ccncc2)ccn1.c1cc(-c2ccncc2)ccn1.c1cc(-c2ccncc2)ccn1. The van der Waals surface area contributed by atoms with Gasteiger partial charge in [-0.1, -0.05) is 59.7 Å². The molecular formula is C44H42B2N6O4. The maximum atomic E-state index is 8.70. The Morgan fingerprint density at radius 1 is 0.304 bits per heavy atom. The van der Waals surface area contributed by atoms with E-state index in [0.29, 0.717) is 10.9 Å². The van der Waals surface area contributed by atoms with E-state index in [1.807, 2.05) is 98.8 Å². The summed E-state index contributed by atoms with van der Waals surface area (Å²) in [5, 5.41) is 34.8. The second-order valence-electron chi connectivity index (χ2n) is 12.0. The molecule has 0 aliphatic rings. The Labute approximate surface area is 328 Å². The van der Waals surface area contributed by atoms with Crippen LogP contribution in [0.5, 0.6) is 0 Å². The Kier molecular flexibility index (Phi) is 17.9. The van der Waals surface area contributed by atoms with Crippen molar-refractivity contribution in [1.29, 1.82) is 0 Å². The molecule has 0 amide bonds. The van der Waals surface area contributed by atoms with Gasteiger partial charge < -0.3 is 20.1 Å². The Morgan fingerprint density at radius 3 is 0.643 bits per heavy atom. The van der Waals surface area contributed by atoms with Crippen LogP contribution < -0.4 is 10.9 Å². The molecule has 0 radical (unpaired) electrons. The summed E-state index contributed by atoms with van der Waals surface area (Å²) in [6, 6.07) is 38.0. The maximum absolute atomic E-state index is 8.70. The van der Waals surface area contributed by atoms with Crippen molar-refractivity contribution in [3.8, 4) is 33.4 Å². The lowest BCUT2D eigenvalue weighted by atomic mass is 9.80. The molecule has 4 N–H and O–H groups in total. The van der Waals surface area contributed by atoms with E-state index >= 15 is 0 Å². The summed E-state index contributed by atoms with van der Waals surface area (Å²) in [6.45, 7) is 3.82. The summed E-state index contributed by atoms with van der Waals surface area (Å²) in [5.41, 5.74) is 10.2. The monoisotopic (exact) mass is 740 g/mol. The molecular weight excluding hydrogens is 698 g/mol. The van der Waals surface area contributed by atoms with Gasteiger partial charge in [0.05, 0.1) is 0 Å². The number of hydrogen-bond donors (Lipinski definition) is 4. The smallest absolute Gasteiger partial charge is 0.423 e. The number of rotatable bonds is 5. The topological polar surface area (TPSA) is 158 Å². The first-order valence-corrected chi connectivity index (χ1v) is 17.6. The number of aryl methyl sites for hydroxylation is 2. The van der Waals surface area contributed by atoms with E-state index in [0.717, 1.165) is 11.1 Å². The Hall–Kier alpha value is -6.69. The van der Waals surface area contributed by atoms with Crippen LogP contribution in [0, 0.1) is 13.8 Å². The molecule has 0 bridgehead atoms. The summed E-state index contributed by atoms with van der Waals surface area (Å²) in [6.07, 6.45) is 21.4. The zero-order valence-corrected chi connectivity index (χ0v) is 31.1. The molecule has 0 aliphatic carbocycles. The summed E-state index contributed by atoms with van der Waals surface area (Å²) in [7, 11) is -2.69. The number of benzene rings is 2. The molecule has 278 valence electrons. The normalized spacial score (nSPS) is 9.61. The van der Waals surface area contributed by atoms with Crippen molar-refractivity contribution < 1.29 is 20.1 Å². The molecule has 6 heterocycles. The predicted octanol–water partition coefficient (Wildman–Crippen LogP) is 5.78. The molecule has 8 aromatic rings. The van der Waals surface area contributed by atoms with Gasteiger partial charge >= 0.3 is 14.2 Å². The molecule has 10 nitrogen and oxygen atoms in total. The van der Waals surface area contributed by atoms with Gasteiger partial charge in [-0.2, -0.15) is 0 Å². The molecule has 0 unspecified atom stereocenters. The van der Waals surface area contributed by atoms with Gasteiger partial charge in [0.2, 0.25) is 0 Å². The third-order valence-corrected chi connectivity index (χ3v) is 7.76. The fourth-order valence-electron chi connectivity index (χ4n) is 4.93. The number of aromatic nitrogens is 6. The fourth-order valence-corrected chi connectivity index (χ4v) is 4.93. The number of pyridine rings is 6. The lowest BCUT2D eigenvalue weighted by Gasteiger charge is -1.98. The Morgan fingerprint density at radius 2 is 0.500 bits per heavy atom. The van der Waals surface area contributed by atoms with Crippen LogP contribution >= 0.6 is 0 Å². The molecule has 6 aromatic heterocycles. The molecule has 0 spiro atoms. The van der Waals surface area contributed by atoms with Crippen LogP contribution in [-0.4, -0.2) is 64.2 Å². The second-order valence-corrected chi connectivity index (χ2v) is 12.0. The largest absolute Gasteiger partial charge is 0.488 e. The van der Waals surface area contributed by atoms with E-state index in [1.54, 1.807) is 111 Å². The zero-order valence-electron chi connectivity index (χ0n) is 31.1. The van der Waals surface area contributed by atoms with Crippen molar-refractivity contribution in [2.45, 2.75) is 13.8 Å². The quantitative estimate of drug-likeness (QED) is 0.160. The fraction of sp³-hybridized carbons (Fsp3) is 0.0455. The van der Waals surface area contributed by atoms with Crippen molar-refractivity contribution in [3.63, 3.8) is 0 Å². The Bertz CT molecular complexity index is 1890. The highest BCUT2D eigenvalue weighted by Crippen LogP contribution is 2.17. The van der Waals surface area contributed by atoms with Crippen LogP contribution in [0.1, 0.15) is 11.1 Å². The summed E-state index contributed by atoms with van der Waals surface area (Å²) in [5.74, 6) is 0. The molecule has 12 heteroatoms. The van der Waals surface area contributed by atoms with Crippen molar-refractivity contribution in [2.75, 3.05) is 0 Å². The van der Waals surface area contributed by atoms with Crippen LogP contribution in [0.4, 0.5) is 0 Å². The highest BCUT2D eigenvalue weighted by Gasteiger charge is 2.09. The number of hydrogen-bond acceptors (Lipinski definition) is 10. The Balaban J connectivity index is 0.000000156. The van der Waals surface area contributed by atoms with Gasteiger partial charge in [-0.25, -0.2) is 0 Å². The molecule has 0 saturated carbocycles. The van der Waals surface area contributed by atoms with E-state index < -0.39 is 14.2 Å². The standard InChI is InChI=1S/3C10H8N2.2C7H9BO2/c3*1-5-11-6-2-9(1)10-3-7-12-8-4-10;2*1-6-3-2-4-7(5-6)8(9)10/h3*1-8H;2*2-5,9-10H,1H3. The van der Waals surface area contributed by atoms with Crippen molar-refractivity contribution >= 4 is 25.2 Å². The molecule has 56 heavy (non-hydrogen) atoms. The van der Waals surface area contributed by atoms with Gasteiger partial charge in [0.1, 0.15) is 0 Å². The van der Waals surface area contributed by atoms with Gasteiger partial charge in [-0.3, -0.25) is 29.9 Å². The average Bonchev–Trinajstić information content (AvgIpc) is 3.26. The third kappa shape index (κ3) is 15.3. The lowest BCUT2D eigenvalue weighted by Crippen LogP contribution is -2.29. The zero-order chi connectivity index (χ0) is 39.8. The summed E-state index contributed by atoms with van der Waals surface area (Å²) < 4.78 is 0. The van der Waals surface area contributed by atoms with Crippen LogP contribution in [-0.2, 0) is 0 Å². The van der Waals surface area contributed by atoms with Gasteiger partial charge in [-0.15, -0.1) is 0 Å². The molecule has 0 atom stereocenters. The highest BCUT2D eigenvalue weighted by molar-refractivity contribution is 6.58. The highest BCUT2D eigenvalue weighted by atomic mass is 16.4. The van der Waals surface area contributed by atoms with Crippen LogP contribution in [0.3, 0.4) is 0 Å². The summed E-state index contributed by atoms with van der Waals surface area (Å²) in [4.78, 5) is 23.7. The van der Waals surface area contributed by atoms with Gasteiger partial charge in [-0.05, 0) is 131 Å². The van der Waals surface area contributed by atoms with Crippen molar-refractivity contribution in [3.05, 3.63) is 207 Å². The average molecular weight is 740 g/mol. The minimum Gasteiger partial charge on any atom is -0.423 e. The van der Waals surface area contributed by atoms with Crippen LogP contribution in [0.25, 0.3) is 33.4 Å². The minimum atomic E-state index is -1.35. The summed E-state index contributed by atoms with van der Waals surface area (Å²) >= 11 is 0. The van der Waals surface area contributed by atoms with E-state index in [9.17, 15) is 0 Å². The first-order valence-electron chi connectivity index (χ1n) is 17.6. The molecule has 0 saturated heterocycles. The lowest BCUT2D eigenvalue weighted by molar-refractivity contribution is 0.424. The van der Waals surface area contributed by atoms with Gasteiger partial charge in [0.15, 0.2) is 0 Å². The van der Waals surface area contributed by atoms with Gasteiger partial charge in [0, 0.05) is 74.4 Å². The second kappa shape index (κ2) is 23.9.